The van der Waals surface area contributed by atoms with E-state index in [1.807, 2.05) is 43.3 Å². The topological polar surface area (TPSA) is 67.9 Å². The third-order valence-corrected chi connectivity index (χ3v) is 4.25. The van der Waals surface area contributed by atoms with E-state index in [0.29, 0.717) is 35.8 Å². The van der Waals surface area contributed by atoms with Crippen LogP contribution in [-0.2, 0) is 9.59 Å². The Morgan fingerprint density at radius 2 is 2.04 bits per heavy atom. The van der Waals surface area contributed by atoms with Crippen LogP contribution in [-0.4, -0.2) is 31.6 Å². The second kappa shape index (κ2) is 7.91. The zero-order chi connectivity index (χ0) is 18.5. The van der Waals surface area contributed by atoms with Crippen LogP contribution >= 0.6 is 0 Å². The molecule has 26 heavy (non-hydrogen) atoms. The molecule has 1 aliphatic rings. The average molecular weight is 354 g/mol. The third-order valence-electron chi connectivity index (χ3n) is 4.25. The number of fused-ring (bicyclic) bond motifs is 1. The first-order valence-electron chi connectivity index (χ1n) is 8.63. The zero-order valence-corrected chi connectivity index (χ0v) is 14.9. The number of para-hydroxylation sites is 2. The molecular weight excluding hydrogens is 332 g/mol. The highest BCUT2D eigenvalue weighted by molar-refractivity contribution is 6.01. The molecule has 0 spiro atoms. The van der Waals surface area contributed by atoms with E-state index in [1.54, 1.807) is 24.1 Å². The number of anilines is 2. The largest absolute Gasteiger partial charge is 0.497 e. The first kappa shape index (κ1) is 17.8. The molecular formula is C20H22N2O4. The van der Waals surface area contributed by atoms with E-state index in [2.05, 4.69) is 5.32 Å². The van der Waals surface area contributed by atoms with Gasteiger partial charge in [-0.2, -0.15) is 0 Å². The van der Waals surface area contributed by atoms with Crippen molar-refractivity contribution < 1.29 is 19.1 Å². The molecule has 0 bridgehead atoms. The van der Waals surface area contributed by atoms with Gasteiger partial charge in [-0.15, -0.1) is 0 Å². The molecule has 0 saturated heterocycles. The number of carbonyl (C=O) groups is 2. The number of benzene rings is 2. The maximum absolute atomic E-state index is 12.6. The number of nitrogens with one attached hydrogen (secondary N) is 1. The molecule has 0 fully saturated rings. The van der Waals surface area contributed by atoms with Crippen LogP contribution in [0.4, 0.5) is 11.4 Å². The maximum Gasteiger partial charge on any atom is 0.268 e. The molecule has 2 aromatic carbocycles. The van der Waals surface area contributed by atoms with Gasteiger partial charge in [0.15, 0.2) is 6.10 Å². The van der Waals surface area contributed by atoms with Crippen molar-refractivity contribution in [2.45, 2.75) is 25.9 Å². The number of hydrogen-bond donors (Lipinski definition) is 1. The van der Waals surface area contributed by atoms with Gasteiger partial charge in [0.1, 0.15) is 11.5 Å². The zero-order valence-electron chi connectivity index (χ0n) is 14.9. The minimum absolute atomic E-state index is 0.111. The molecule has 1 unspecified atom stereocenters. The molecule has 0 saturated carbocycles. The normalized spacial score (nSPS) is 15.8. The van der Waals surface area contributed by atoms with Gasteiger partial charge in [0.05, 0.1) is 12.8 Å². The summed E-state index contributed by atoms with van der Waals surface area (Å²) < 4.78 is 10.9. The van der Waals surface area contributed by atoms with Crippen LogP contribution in [0, 0.1) is 0 Å². The lowest BCUT2D eigenvalue weighted by atomic mass is 10.1. The monoisotopic (exact) mass is 354 g/mol. The van der Waals surface area contributed by atoms with Gasteiger partial charge in [-0.3, -0.25) is 9.59 Å². The molecule has 1 aliphatic heterocycles. The van der Waals surface area contributed by atoms with Crippen molar-refractivity contribution in [3.63, 3.8) is 0 Å². The van der Waals surface area contributed by atoms with E-state index >= 15 is 0 Å². The molecule has 0 aliphatic carbocycles. The van der Waals surface area contributed by atoms with E-state index in [9.17, 15) is 9.59 Å². The van der Waals surface area contributed by atoms with Crippen LogP contribution in [0.2, 0.25) is 0 Å². The van der Waals surface area contributed by atoms with E-state index in [1.165, 1.54) is 0 Å². The summed E-state index contributed by atoms with van der Waals surface area (Å²) in [6.07, 6.45) is 0.263. The predicted molar refractivity (Wildman–Crippen MR) is 99.7 cm³/mol. The van der Waals surface area contributed by atoms with Crippen molar-refractivity contribution in [1.82, 2.24) is 0 Å². The number of rotatable bonds is 6. The fourth-order valence-electron chi connectivity index (χ4n) is 2.90. The maximum atomic E-state index is 12.6. The number of carbonyl (C=O) groups excluding carboxylic acids is 2. The van der Waals surface area contributed by atoms with Crippen molar-refractivity contribution in [2.75, 3.05) is 23.9 Å². The Morgan fingerprint density at radius 1 is 1.23 bits per heavy atom. The first-order valence-corrected chi connectivity index (χ1v) is 8.63. The van der Waals surface area contributed by atoms with Gasteiger partial charge >= 0.3 is 0 Å². The highest BCUT2D eigenvalue weighted by Gasteiger charge is 2.33. The quantitative estimate of drug-likeness (QED) is 0.865. The number of nitrogens with zero attached hydrogens (tertiary/aromatic N) is 1. The van der Waals surface area contributed by atoms with E-state index in [-0.39, 0.29) is 18.2 Å². The third kappa shape index (κ3) is 3.79. The highest BCUT2D eigenvalue weighted by Crippen LogP contribution is 2.34. The van der Waals surface area contributed by atoms with Crippen LogP contribution in [0.1, 0.15) is 19.8 Å². The summed E-state index contributed by atoms with van der Waals surface area (Å²) in [4.78, 5) is 26.6. The van der Waals surface area contributed by atoms with Crippen LogP contribution in [0.25, 0.3) is 0 Å². The second-order valence-corrected chi connectivity index (χ2v) is 6.00. The Morgan fingerprint density at radius 3 is 2.81 bits per heavy atom. The number of methoxy groups -OCH3 is 1. The summed E-state index contributed by atoms with van der Waals surface area (Å²) in [5.41, 5.74) is 1.37. The molecule has 2 amide bonds. The Bertz CT molecular complexity index is 806. The number of hydrogen-bond acceptors (Lipinski definition) is 4. The Balaban J connectivity index is 1.67. The molecule has 0 radical (unpaired) electrons. The standard InChI is InChI=1S/C20H22N2O4/c1-3-17-20(24)22(16-9-4-5-10-18(16)26-17)12-11-19(23)21-14-7-6-8-15(13-14)25-2/h4-10,13,17H,3,11-12H2,1-2H3,(H,21,23). The molecule has 1 N–H and O–H groups in total. The van der Waals surface area contributed by atoms with Crippen LogP contribution in [0.3, 0.4) is 0 Å². The predicted octanol–water partition coefficient (Wildman–Crippen LogP) is 3.23. The lowest BCUT2D eigenvalue weighted by Gasteiger charge is -2.33. The van der Waals surface area contributed by atoms with Crippen molar-refractivity contribution in [1.29, 1.82) is 0 Å². The van der Waals surface area contributed by atoms with Gasteiger partial charge in [-0.05, 0) is 30.7 Å². The van der Waals surface area contributed by atoms with Gasteiger partial charge in [0, 0.05) is 24.7 Å². The molecule has 1 heterocycles. The summed E-state index contributed by atoms with van der Waals surface area (Å²) >= 11 is 0. The fourth-order valence-corrected chi connectivity index (χ4v) is 2.90. The molecule has 2 aromatic rings. The molecule has 6 heteroatoms. The molecule has 1 atom stereocenters. The summed E-state index contributed by atoms with van der Waals surface area (Å²) in [7, 11) is 1.58. The van der Waals surface area contributed by atoms with Crippen molar-refractivity contribution >= 4 is 23.2 Å². The lowest BCUT2D eigenvalue weighted by Crippen LogP contribution is -2.46. The Hall–Kier alpha value is -3.02. The second-order valence-electron chi connectivity index (χ2n) is 6.00. The van der Waals surface area contributed by atoms with Crippen LogP contribution in [0.15, 0.2) is 48.5 Å². The fraction of sp³-hybridized carbons (Fsp3) is 0.300. The molecule has 0 aromatic heterocycles. The van der Waals surface area contributed by atoms with E-state index < -0.39 is 6.10 Å². The van der Waals surface area contributed by atoms with Crippen molar-refractivity contribution in [3.8, 4) is 11.5 Å². The van der Waals surface area contributed by atoms with Crippen LogP contribution < -0.4 is 19.7 Å². The SMILES string of the molecule is CCC1Oc2ccccc2N(CCC(=O)Nc2cccc(OC)c2)C1=O. The minimum Gasteiger partial charge on any atom is -0.497 e. The first-order chi connectivity index (χ1) is 12.6. The lowest BCUT2D eigenvalue weighted by molar-refractivity contribution is -0.126. The number of ether oxygens (including phenoxy) is 2. The average Bonchev–Trinajstić information content (AvgIpc) is 2.67. The highest BCUT2D eigenvalue weighted by atomic mass is 16.5. The minimum atomic E-state index is -0.508. The molecule has 6 nitrogen and oxygen atoms in total. The molecule has 136 valence electrons. The van der Waals surface area contributed by atoms with E-state index in [0.717, 1.165) is 0 Å². The van der Waals surface area contributed by atoms with Gasteiger partial charge in [-0.25, -0.2) is 0 Å². The van der Waals surface area contributed by atoms with Gasteiger partial charge in [0.2, 0.25) is 5.91 Å². The van der Waals surface area contributed by atoms with Gasteiger partial charge in [0.25, 0.3) is 5.91 Å². The number of amides is 2. The Labute approximate surface area is 152 Å². The van der Waals surface area contributed by atoms with E-state index in [4.69, 9.17) is 9.47 Å². The van der Waals surface area contributed by atoms with Crippen molar-refractivity contribution in [2.24, 2.45) is 0 Å². The Kier molecular flexibility index (Phi) is 5.41. The van der Waals surface area contributed by atoms with Gasteiger partial charge < -0.3 is 19.7 Å². The summed E-state index contributed by atoms with van der Waals surface area (Å²) in [6, 6.07) is 14.6. The smallest absolute Gasteiger partial charge is 0.268 e. The van der Waals surface area contributed by atoms with Crippen LogP contribution in [0.5, 0.6) is 11.5 Å². The summed E-state index contributed by atoms with van der Waals surface area (Å²) in [6.45, 7) is 2.20. The summed E-state index contributed by atoms with van der Waals surface area (Å²) in [5, 5.41) is 2.83. The van der Waals surface area contributed by atoms with Crippen molar-refractivity contribution in [3.05, 3.63) is 48.5 Å². The van der Waals surface area contributed by atoms with Gasteiger partial charge in [-0.1, -0.05) is 25.1 Å². The molecule has 3 rings (SSSR count). The summed E-state index contributed by atoms with van der Waals surface area (Å²) in [5.74, 6) is 1.07.